The number of hydrogen-bond acceptors (Lipinski definition) is 6. The standard InChI is InChI=1S/C28H22N6O2/c1-17-21(19-9-11-33(25(29)13-19)26(30)15-35)5-3-7-23(17)24-8-4-6-22(18(24)2)20-10-12-34-27(14-20)31-32-28(34)16-36/h3-16,29-30H,1-2H3. The maximum Gasteiger partial charge on any atom is 0.201 e. The highest BCUT2D eigenvalue weighted by molar-refractivity contribution is 6.26. The fourth-order valence-electron chi connectivity index (χ4n) is 4.57. The van der Waals surface area contributed by atoms with Gasteiger partial charge < -0.3 is 0 Å². The topological polar surface area (TPSA) is 117 Å². The molecule has 2 aromatic carbocycles. The maximum absolute atomic E-state index is 11.2. The normalized spacial score (nSPS) is 10.9. The van der Waals surface area contributed by atoms with E-state index >= 15 is 0 Å². The number of hydrogen-bond donors (Lipinski definition) is 2. The quantitative estimate of drug-likeness (QED) is 0.222. The number of carbonyl (C=O) groups excluding carboxylic acids is 2. The van der Waals surface area contributed by atoms with Gasteiger partial charge in [-0.1, -0.05) is 36.4 Å². The molecule has 176 valence electrons. The van der Waals surface area contributed by atoms with Crippen molar-refractivity contribution in [1.82, 2.24) is 19.2 Å². The second kappa shape index (κ2) is 8.99. The second-order valence-corrected chi connectivity index (χ2v) is 8.45. The molecule has 0 bridgehead atoms. The van der Waals surface area contributed by atoms with Gasteiger partial charge in [-0.3, -0.25) is 29.4 Å². The van der Waals surface area contributed by atoms with Gasteiger partial charge in [0.15, 0.2) is 24.1 Å². The smallest absolute Gasteiger partial charge is 0.201 e. The number of fused-ring (bicyclic) bond motifs is 1. The lowest BCUT2D eigenvalue weighted by Gasteiger charge is -2.17. The van der Waals surface area contributed by atoms with E-state index < -0.39 is 0 Å². The van der Waals surface area contributed by atoms with E-state index in [4.69, 9.17) is 10.8 Å². The summed E-state index contributed by atoms with van der Waals surface area (Å²) in [5, 5.41) is 24.0. The van der Waals surface area contributed by atoms with E-state index in [1.54, 1.807) is 22.9 Å². The number of aldehydes is 2. The van der Waals surface area contributed by atoms with Crippen LogP contribution in [0.25, 0.3) is 39.0 Å². The Hall–Kier alpha value is -4.98. The van der Waals surface area contributed by atoms with Crippen molar-refractivity contribution in [2.45, 2.75) is 13.8 Å². The van der Waals surface area contributed by atoms with Gasteiger partial charge >= 0.3 is 0 Å². The van der Waals surface area contributed by atoms with Gasteiger partial charge in [0.2, 0.25) is 5.82 Å². The lowest BCUT2D eigenvalue weighted by atomic mass is 9.88. The minimum Gasteiger partial charge on any atom is -0.294 e. The van der Waals surface area contributed by atoms with Crippen LogP contribution in [0, 0.1) is 24.7 Å². The molecule has 0 amide bonds. The lowest BCUT2D eigenvalue weighted by molar-refractivity contribution is -0.103. The van der Waals surface area contributed by atoms with E-state index in [1.807, 2.05) is 36.4 Å². The minimum atomic E-state index is -0.281. The third-order valence-corrected chi connectivity index (χ3v) is 6.45. The van der Waals surface area contributed by atoms with E-state index in [0.29, 0.717) is 18.2 Å². The number of rotatable bonds is 5. The largest absolute Gasteiger partial charge is 0.294 e. The maximum atomic E-state index is 11.2. The van der Waals surface area contributed by atoms with Crippen LogP contribution in [-0.2, 0) is 4.79 Å². The third-order valence-electron chi connectivity index (χ3n) is 6.45. The molecular weight excluding hydrogens is 452 g/mol. The van der Waals surface area contributed by atoms with E-state index in [0.717, 1.165) is 44.5 Å². The SMILES string of the molecule is Cc1c(-c2ccn(C(=N)C=O)c(=N)c2)cccc1-c1cccc(-c2ccn3c(C=O)nnc3c2)c1C. The first kappa shape index (κ1) is 22.8. The Bertz CT molecular complexity index is 1750. The Morgan fingerprint density at radius 3 is 1.97 bits per heavy atom. The average molecular weight is 475 g/mol. The highest BCUT2D eigenvalue weighted by atomic mass is 16.1. The summed E-state index contributed by atoms with van der Waals surface area (Å²) < 4.78 is 2.89. The first-order valence-corrected chi connectivity index (χ1v) is 11.2. The molecule has 2 N–H and O–H groups in total. The zero-order valence-corrected chi connectivity index (χ0v) is 19.7. The Labute approximate surface area is 206 Å². The molecule has 8 heteroatoms. The van der Waals surface area contributed by atoms with Gasteiger partial charge in [-0.05, 0) is 82.6 Å². The number of benzene rings is 2. The zero-order valence-electron chi connectivity index (χ0n) is 19.7. The van der Waals surface area contributed by atoms with Crippen molar-refractivity contribution in [3.8, 4) is 33.4 Å². The van der Waals surface area contributed by atoms with Gasteiger partial charge in [-0.25, -0.2) is 0 Å². The number of aromatic nitrogens is 4. The molecule has 0 fully saturated rings. The predicted molar refractivity (Wildman–Crippen MR) is 137 cm³/mol. The van der Waals surface area contributed by atoms with E-state index in [2.05, 4.69) is 42.2 Å². The van der Waals surface area contributed by atoms with Crippen LogP contribution in [0.4, 0.5) is 0 Å². The van der Waals surface area contributed by atoms with Gasteiger partial charge in [-0.2, -0.15) is 0 Å². The van der Waals surface area contributed by atoms with Gasteiger partial charge in [-0.15, -0.1) is 10.2 Å². The summed E-state index contributed by atoms with van der Waals surface area (Å²) in [5.41, 5.74) is 8.83. The molecule has 5 rings (SSSR count). The van der Waals surface area contributed by atoms with E-state index in [-0.39, 0.29) is 17.1 Å². The van der Waals surface area contributed by atoms with Crippen LogP contribution in [0.5, 0.6) is 0 Å². The number of nitrogens with one attached hydrogen (secondary N) is 2. The molecule has 0 aliphatic carbocycles. The van der Waals surface area contributed by atoms with Gasteiger partial charge in [0.05, 0.1) is 0 Å². The predicted octanol–water partition coefficient (Wildman–Crippen LogP) is 4.46. The Morgan fingerprint density at radius 1 is 0.806 bits per heavy atom. The van der Waals surface area contributed by atoms with Gasteiger partial charge in [0.1, 0.15) is 5.49 Å². The van der Waals surface area contributed by atoms with Crippen molar-refractivity contribution in [1.29, 1.82) is 10.8 Å². The second-order valence-electron chi connectivity index (χ2n) is 8.45. The number of carbonyl (C=O) groups is 2. The molecule has 0 spiro atoms. The van der Waals surface area contributed by atoms with Crippen LogP contribution >= 0.6 is 0 Å². The zero-order chi connectivity index (χ0) is 25.4. The molecule has 0 saturated carbocycles. The number of nitrogens with zero attached hydrogens (tertiary/aromatic N) is 4. The fourth-order valence-corrected chi connectivity index (χ4v) is 4.57. The molecule has 5 aromatic rings. The molecule has 8 nitrogen and oxygen atoms in total. The molecule has 0 saturated heterocycles. The van der Waals surface area contributed by atoms with E-state index in [9.17, 15) is 9.59 Å². The van der Waals surface area contributed by atoms with Crippen LogP contribution in [-0.4, -0.2) is 37.6 Å². The molecule has 36 heavy (non-hydrogen) atoms. The monoisotopic (exact) mass is 474 g/mol. The average Bonchev–Trinajstić information content (AvgIpc) is 3.31. The summed E-state index contributed by atoms with van der Waals surface area (Å²) in [4.78, 5) is 22.1. The van der Waals surface area contributed by atoms with Crippen LogP contribution in [0.15, 0.2) is 73.1 Å². The van der Waals surface area contributed by atoms with E-state index in [1.165, 1.54) is 4.57 Å². The summed E-state index contributed by atoms with van der Waals surface area (Å²) in [6.07, 6.45) is 4.48. The summed E-state index contributed by atoms with van der Waals surface area (Å²) in [6.45, 7) is 4.14. The Balaban J connectivity index is 1.60. The van der Waals surface area contributed by atoms with Crippen LogP contribution in [0.3, 0.4) is 0 Å². The van der Waals surface area contributed by atoms with Crippen molar-refractivity contribution in [2.75, 3.05) is 0 Å². The van der Waals surface area contributed by atoms with Gasteiger partial charge in [0, 0.05) is 12.4 Å². The molecule has 0 atom stereocenters. The molecule has 0 unspecified atom stereocenters. The van der Waals surface area contributed by atoms with Crippen molar-refractivity contribution < 1.29 is 9.59 Å². The van der Waals surface area contributed by atoms with Crippen molar-refractivity contribution in [2.24, 2.45) is 0 Å². The summed E-state index contributed by atoms with van der Waals surface area (Å²) in [7, 11) is 0. The molecule has 0 radical (unpaired) electrons. The molecule has 3 aromatic heterocycles. The first-order valence-electron chi connectivity index (χ1n) is 11.2. The van der Waals surface area contributed by atoms with Crippen molar-refractivity contribution in [3.63, 3.8) is 0 Å². The molecule has 0 aliphatic heterocycles. The minimum absolute atomic E-state index is 0.0641. The summed E-state index contributed by atoms with van der Waals surface area (Å²) >= 11 is 0. The summed E-state index contributed by atoms with van der Waals surface area (Å²) in [5.74, 6) is -0.0177. The number of pyridine rings is 2. The molecule has 3 heterocycles. The van der Waals surface area contributed by atoms with Crippen molar-refractivity contribution in [3.05, 3.63) is 95.5 Å². The first-order chi connectivity index (χ1) is 17.4. The van der Waals surface area contributed by atoms with Crippen LogP contribution in [0.1, 0.15) is 21.7 Å². The lowest BCUT2D eigenvalue weighted by Crippen LogP contribution is -2.26. The van der Waals surface area contributed by atoms with Gasteiger partial charge in [0.25, 0.3) is 0 Å². The van der Waals surface area contributed by atoms with Crippen molar-refractivity contribution >= 4 is 24.1 Å². The van der Waals surface area contributed by atoms with Crippen LogP contribution < -0.4 is 5.49 Å². The Kier molecular flexibility index (Phi) is 5.69. The Morgan fingerprint density at radius 2 is 1.39 bits per heavy atom. The van der Waals surface area contributed by atoms with Crippen LogP contribution in [0.2, 0.25) is 0 Å². The highest BCUT2D eigenvalue weighted by Crippen LogP contribution is 2.36. The highest BCUT2D eigenvalue weighted by Gasteiger charge is 2.14. The molecule has 0 aliphatic rings. The fraction of sp³-hybridized carbons (Fsp3) is 0.0714. The summed E-state index contributed by atoms with van der Waals surface area (Å²) in [6, 6.07) is 19.6. The molecular formula is C28H22N6O2. The third kappa shape index (κ3) is 3.74.